The SMILES string of the molecule is CCCOC1CN(c2nc(C)c(C(=O)O)s2)CCC1NC(=O)c1nc(Cl)c(C)[nH]1. The van der Waals surface area contributed by atoms with Crippen molar-refractivity contribution >= 4 is 39.9 Å². The van der Waals surface area contributed by atoms with Crippen LogP contribution in [0.1, 0.15) is 51.4 Å². The average molecular weight is 442 g/mol. The molecular weight excluding hydrogens is 418 g/mol. The van der Waals surface area contributed by atoms with Crippen LogP contribution >= 0.6 is 22.9 Å². The highest BCUT2D eigenvalue weighted by atomic mass is 35.5. The van der Waals surface area contributed by atoms with Crippen LogP contribution in [0.3, 0.4) is 0 Å². The number of H-pyrrole nitrogens is 1. The monoisotopic (exact) mass is 441 g/mol. The maximum Gasteiger partial charge on any atom is 0.347 e. The number of piperidine rings is 1. The number of hydrogen-bond acceptors (Lipinski definition) is 7. The molecule has 1 amide bonds. The van der Waals surface area contributed by atoms with E-state index >= 15 is 0 Å². The number of imidazole rings is 1. The summed E-state index contributed by atoms with van der Waals surface area (Å²) in [7, 11) is 0. The molecule has 0 aliphatic carbocycles. The first-order chi connectivity index (χ1) is 13.8. The van der Waals surface area contributed by atoms with Gasteiger partial charge in [-0.25, -0.2) is 14.8 Å². The first-order valence-corrected chi connectivity index (χ1v) is 10.6. The predicted octanol–water partition coefficient (Wildman–Crippen LogP) is 2.64. The van der Waals surface area contributed by atoms with Gasteiger partial charge in [0.25, 0.3) is 5.91 Å². The Bertz CT molecular complexity index is 879. The topological polar surface area (TPSA) is 120 Å². The van der Waals surface area contributed by atoms with Crippen LogP contribution in [0, 0.1) is 13.8 Å². The number of aromatic amines is 1. The Hall–Kier alpha value is -2.17. The lowest BCUT2D eigenvalue weighted by atomic mass is 10.0. The summed E-state index contributed by atoms with van der Waals surface area (Å²) in [5.41, 5.74) is 1.14. The Labute approximate surface area is 177 Å². The lowest BCUT2D eigenvalue weighted by Gasteiger charge is -2.38. The smallest absolute Gasteiger partial charge is 0.347 e. The Morgan fingerprint density at radius 1 is 1.41 bits per heavy atom. The number of hydrogen-bond donors (Lipinski definition) is 3. The number of thiazole rings is 1. The van der Waals surface area contributed by atoms with Gasteiger partial charge < -0.3 is 25.0 Å². The summed E-state index contributed by atoms with van der Waals surface area (Å²) in [5, 5.41) is 13.2. The maximum absolute atomic E-state index is 12.6. The first-order valence-electron chi connectivity index (χ1n) is 9.40. The highest BCUT2D eigenvalue weighted by molar-refractivity contribution is 7.17. The van der Waals surface area contributed by atoms with Gasteiger partial charge in [-0.15, -0.1) is 0 Å². The number of carbonyl (C=O) groups is 2. The number of aromatic carboxylic acids is 1. The largest absolute Gasteiger partial charge is 0.477 e. The molecule has 2 aromatic rings. The molecule has 3 N–H and O–H groups in total. The van der Waals surface area contributed by atoms with E-state index in [0.717, 1.165) is 17.8 Å². The molecule has 158 valence electrons. The van der Waals surface area contributed by atoms with Crippen molar-refractivity contribution in [2.45, 2.75) is 45.8 Å². The third-order valence-electron chi connectivity index (χ3n) is 4.70. The van der Waals surface area contributed by atoms with Crippen molar-refractivity contribution in [3.63, 3.8) is 0 Å². The van der Waals surface area contributed by atoms with Crippen molar-refractivity contribution in [1.29, 1.82) is 0 Å². The van der Waals surface area contributed by atoms with Crippen molar-refractivity contribution < 1.29 is 19.4 Å². The first kappa shape index (κ1) is 21.5. The summed E-state index contributed by atoms with van der Waals surface area (Å²) in [5.74, 6) is -1.13. The molecule has 2 atom stereocenters. The highest BCUT2D eigenvalue weighted by Gasteiger charge is 2.33. The van der Waals surface area contributed by atoms with Gasteiger partial charge in [0.2, 0.25) is 0 Å². The van der Waals surface area contributed by atoms with Crippen LogP contribution in [0.2, 0.25) is 5.15 Å². The lowest BCUT2D eigenvalue weighted by molar-refractivity contribution is 0.0204. The number of halogens is 1. The van der Waals surface area contributed by atoms with E-state index in [4.69, 9.17) is 16.3 Å². The molecule has 1 aliphatic rings. The van der Waals surface area contributed by atoms with Gasteiger partial charge in [0, 0.05) is 19.7 Å². The number of ether oxygens (including phenoxy) is 1. The number of anilines is 1. The van der Waals surface area contributed by atoms with Crippen molar-refractivity contribution in [1.82, 2.24) is 20.3 Å². The molecule has 2 aromatic heterocycles. The van der Waals surface area contributed by atoms with E-state index in [1.165, 1.54) is 0 Å². The van der Waals surface area contributed by atoms with Gasteiger partial charge in [0.15, 0.2) is 16.1 Å². The van der Waals surface area contributed by atoms with E-state index in [-0.39, 0.29) is 33.9 Å². The number of nitrogens with zero attached hydrogens (tertiary/aromatic N) is 3. The van der Waals surface area contributed by atoms with Crippen LogP contribution in [0.25, 0.3) is 0 Å². The molecule has 0 radical (unpaired) electrons. The minimum Gasteiger partial charge on any atom is -0.477 e. The fraction of sp³-hybridized carbons (Fsp3) is 0.556. The van der Waals surface area contributed by atoms with Crippen LogP contribution in [0.5, 0.6) is 0 Å². The van der Waals surface area contributed by atoms with Crippen LogP contribution < -0.4 is 10.2 Å². The maximum atomic E-state index is 12.6. The summed E-state index contributed by atoms with van der Waals surface area (Å²) >= 11 is 7.10. The molecule has 0 saturated carbocycles. The van der Waals surface area contributed by atoms with Gasteiger partial charge in [0.05, 0.1) is 23.5 Å². The minimum atomic E-state index is -0.973. The number of carboxylic acid groups (broad SMARTS) is 1. The number of carboxylic acids is 1. The fourth-order valence-corrected chi connectivity index (χ4v) is 4.27. The van der Waals surface area contributed by atoms with Crippen molar-refractivity contribution in [2.24, 2.45) is 0 Å². The minimum absolute atomic E-state index is 0.172. The number of amides is 1. The van der Waals surface area contributed by atoms with Gasteiger partial charge >= 0.3 is 5.97 Å². The van der Waals surface area contributed by atoms with Crippen molar-refractivity contribution in [3.8, 4) is 0 Å². The Kier molecular flexibility index (Phi) is 6.76. The molecule has 9 nitrogen and oxygen atoms in total. The van der Waals surface area contributed by atoms with Crippen LogP contribution in [0.4, 0.5) is 5.13 Å². The molecule has 1 aliphatic heterocycles. The van der Waals surface area contributed by atoms with Crippen LogP contribution in [-0.4, -0.2) is 63.8 Å². The summed E-state index contributed by atoms with van der Waals surface area (Å²) < 4.78 is 5.99. The van der Waals surface area contributed by atoms with Crippen LogP contribution in [-0.2, 0) is 4.74 Å². The van der Waals surface area contributed by atoms with E-state index in [0.29, 0.717) is 42.6 Å². The molecule has 1 fully saturated rings. The second kappa shape index (κ2) is 9.10. The molecule has 0 bridgehead atoms. The van der Waals surface area contributed by atoms with Gasteiger partial charge in [-0.1, -0.05) is 29.9 Å². The van der Waals surface area contributed by atoms with E-state index in [1.807, 2.05) is 11.8 Å². The molecule has 0 aromatic carbocycles. The zero-order valence-corrected chi connectivity index (χ0v) is 18.1. The molecule has 3 heterocycles. The highest BCUT2D eigenvalue weighted by Crippen LogP contribution is 2.29. The Morgan fingerprint density at radius 2 is 2.17 bits per heavy atom. The summed E-state index contributed by atoms with van der Waals surface area (Å²) in [6, 6.07) is -0.200. The van der Waals surface area contributed by atoms with Gasteiger partial charge in [-0.05, 0) is 26.7 Å². The number of rotatable bonds is 7. The van der Waals surface area contributed by atoms with Gasteiger partial charge in [0.1, 0.15) is 4.88 Å². The number of aryl methyl sites for hydroxylation is 2. The van der Waals surface area contributed by atoms with E-state index < -0.39 is 5.97 Å². The second-order valence-corrected chi connectivity index (χ2v) is 8.28. The lowest BCUT2D eigenvalue weighted by Crippen LogP contribution is -2.55. The normalized spacial score (nSPS) is 19.4. The summed E-state index contributed by atoms with van der Waals surface area (Å²) in [6.45, 7) is 7.16. The quantitative estimate of drug-likeness (QED) is 0.603. The van der Waals surface area contributed by atoms with Gasteiger partial charge in [-0.3, -0.25) is 4.79 Å². The summed E-state index contributed by atoms with van der Waals surface area (Å²) in [4.78, 5) is 37.5. The van der Waals surface area contributed by atoms with Crippen molar-refractivity contribution in [2.75, 3.05) is 24.6 Å². The molecule has 0 spiro atoms. The molecule has 11 heteroatoms. The summed E-state index contributed by atoms with van der Waals surface area (Å²) in [6.07, 6.45) is 1.23. The van der Waals surface area contributed by atoms with E-state index in [1.54, 1.807) is 13.8 Å². The molecular formula is C18H24ClN5O4S. The van der Waals surface area contributed by atoms with Crippen LogP contribution in [0.15, 0.2) is 0 Å². The van der Waals surface area contributed by atoms with E-state index in [2.05, 4.69) is 20.3 Å². The zero-order valence-electron chi connectivity index (χ0n) is 16.5. The molecule has 3 rings (SSSR count). The van der Waals surface area contributed by atoms with E-state index in [9.17, 15) is 14.7 Å². The standard InChI is InChI=1S/C18H24ClN5O4S/c1-4-7-28-12-8-24(18-21-9(2)13(29-18)17(26)27)6-5-11(12)22-16(25)15-20-10(3)14(19)23-15/h11-12H,4-8H2,1-3H3,(H,20,23)(H,22,25)(H,26,27). The number of nitrogens with one attached hydrogen (secondary N) is 2. The third-order valence-corrected chi connectivity index (χ3v) is 6.28. The zero-order chi connectivity index (χ0) is 21.1. The molecule has 29 heavy (non-hydrogen) atoms. The Balaban J connectivity index is 1.72. The molecule has 2 unspecified atom stereocenters. The Morgan fingerprint density at radius 3 is 2.76 bits per heavy atom. The average Bonchev–Trinajstić information content (AvgIpc) is 3.23. The van der Waals surface area contributed by atoms with Gasteiger partial charge in [-0.2, -0.15) is 0 Å². The fourth-order valence-electron chi connectivity index (χ4n) is 3.19. The number of aromatic nitrogens is 3. The molecule has 1 saturated heterocycles. The predicted molar refractivity (Wildman–Crippen MR) is 110 cm³/mol. The second-order valence-electron chi connectivity index (χ2n) is 6.94. The third kappa shape index (κ3) is 4.88. The number of carbonyl (C=O) groups excluding carboxylic acids is 1. The van der Waals surface area contributed by atoms with Crippen molar-refractivity contribution in [3.05, 3.63) is 27.2 Å².